The minimum Gasteiger partial charge on any atom is -0.381 e. The SMILES string of the molecule is Cc1sc(C(=O)CC2CCOCC2)cc1C1CC1NCC1CC1. The van der Waals surface area contributed by atoms with Crippen molar-refractivity contribution in [1.82, 2.24) is 5.32 Å². The molecule has 3 fully saturated rings. The van der Waals surface area contributed by atoms with Crippen molar-refractivity contribution in [3.05, 3.63) is 21.4 Å². The molecule has 2 aliphatic carbocycles. The minimum atomic E-state index is 0.347. The van der Waals surface area contributed by atoms with Crippen LogP contribution in [0.15, 0.2) is 6.07 Å². The number of Topliss-reactive ketones (excluding diaryl/α,β-unsaturated/α-hetero) is 1. The third kappa shape index (κ3) is 3.86. The molecule has 23 heavy (non-hydrogen) atoms. The zero-order valence-corrected chi connectivity index (χ0v) is 14.8. The zero-order valence-electron chi connectivity index (χ0n) is 14.0. The third-order valence-electron chi connectivity index (χ3n) is 5.60. The average molecular weight is 333 g/mol. The van der Waals surface area contributed by atoms with Crippen LogP contribution >= 0.6 is 11.3 Å². The monoisotopic (exact) mass is 333 g/mol. The Bertz CT molecular complexity index is 572. The van der Waals surface area contributed by atoms with Crippen LogP contribution in [0.4, 0.5) is 0 Å². The van der Waals surface area contributed by atoms with E-state index >= 15 is 0 Å². The lowest BCUT2D eigenvalue weighted by Crippen LogP contribution is -2.20. The molecule has 3 nitrogen and oxygen atoms in total. The third-order valence-corrected chi connectivity index (χ3v) is 6.71. The maximum atomic E-state index is 12.6. The van der Waals surface area contributed by atoms with E-state index in [4.69, 9.17) is 4.74 Å². The second kappa shape index (κ2) is 6.66. The maximum Gasteiger partial charge on any atom is 0.173 e. The molecule has 0 aromatic carbocycles. The van der Waals surface area contributed by atoms with Gasteiger partial charge in [0.1, 0.15) is 0 Å². The molecule has 4 rings (SSSR count). The van der Waals surface area contributed by atoms with Crippen LogP contribution in [-0.2, 0) is 4.74 Å². The molecule has 0 bridgehead atoms. The first-order chi connectivity index (χ1) is 11.2. The van der Waals surface area contributed by atoms with E-state index in [1.807, 2.05) is 0 Å². The molecule has 1 aromatic heterocycles. The highest BCUT2D eigenvalue weighted by atomic mass is 32.1. The zero-order chi connectivity index (χ0) is 15.8. The van der Waals surface area contributed by atoms with Gasteiger partial charge in [0.05, 0.1) is 4.88 Å². The van der Waals surface area contributed by atoms with Crippen LogP contribution in [0.3, 0.4) is 0 Å². The molecular formula is C19H27NO2S. The van der Waals surface area contributed by atoms with Gasteiger partial charge in [0.25, 0.3) is 0 Å². The van der Waals surface area contributed by atoms with Gasteiger partial charge in [-0.1, -0.05) is 0 Å². The first-order valence-electron chi connectivity index (χ1n) is 9.15. The number of thiophene rings is 1. The number of rotatable bonds is 7. The number of ketones is 1. The van der Waals surface area contributed by atoms with Gasteiger partial charge in [-0.3, -0.25) is 4.79 Å². The summed E-state index contributed by atoms with van der Waals surface area (Å²) >= 11 is 1.71. The van der Waals surface area contributed by atoms with Crippen molar-refractivity contribution in [2.24, 2.45) is 11.8 Å². The molecule has 2 saturated carbocycles. The molecule has 0 spiro atoms. The molecule has 0 amide bonds. The van der Waals surface area contributed by atoms with Crippen LogP contribution in [0.1, 0.15) is 64.6 Å². The van der Waals surface area contributed by atoms with E-state index in [9.17, 15) is 4.79 Å². The van der Waals surface area contributed by atoms with Gasteiger partial charge in [0, 0.05) is 36.5 Å². The molecule has 3 aliphatic rings. The minimum absolute atomic E-state index is 0.347. The van der Waals surface area contributed by atoms with Crippen molar-refractivity contribution < 1.29 is 9.53 Å². The average Bonchev–Trinajstić information content (AvgIpc) is 3.46. The highest BCUT2D eigenvalue weighted by Gasteiger charge is 2.40. The Hall–Kier alpha value is -0.710. The van der Waals surface area contributed by atoms with Crippen molar-refractivity contribution in [3.8, 4) is 0 Å². The molecule has 4 heteroatoms. The summed E-state index contributed by atoms with van der Waals surface area (Å²) in [6, 6.07) is 2.85. The molecule has 2 atom stereocenters. The summed E-state index contributed by atoms with van der Waals surface area (Å²) in [5.41, 5.74) is 1.43. The Kier molecular flexibility index (Phi) is 4.57. The Morgan fingerprint density at radius 1 is 1.26 bits per heavy atom. The van der Waals surface area contributed by atoms with Crippen LogP contribution in [0.5, 0.6) is 0 Å². The molecular weight excluding hydrogens is 306 g/mol. The molecule has 2 unspecified atom stereocenters. The Morgan fingerprint density at radius 2 is 2.04 bits per heavy atom. The predicted molar refractivity (Wildman–Crippen MR) is 93.4 cm³/mol. The quantitative estimate of drug-likeness (QED) is 0.769. The number of hydrogen-bond acceptors (Lipinski definition) is 4. The van der Waals surface area contributed by atoms with E-state index in [0.717, 1.165) is 36.9 Å². The van der Waals surface area contributed by atoms with Crippen molar-refractivity contribution in [3.63, 3.8) is 0 Å². The first kappa shape index (κ1) is 15.8. The number of hydrogen-bond donors (Lipinski definition) is 1. The van der Waals surface area contributed by atoms with Crippen LogP contribution in [0.2, 0.25) is 0 Å². The van der Waals surface area contributed by atoms with E-state index < -0.39 is 0 Å². The van der Waals surface area contributed by atoms with E-state index in [1.165, 1.54) is 36.2 Å². The lowest BCUT2D eigenvalue weighted by Gasteiger charge is -2.20. The Balaban J connectivity index is 1.34. The summed E-state index contributed by atoms with van der Waals surface area (Å²) in [6.45, 7) is 5.02. The van der Waals surface area contributed by atoms with Gasteiger partial charge in [0.15, 0.2) is 5.78 Å². The summed E-state index contributed by atoms with van der Waals surface area (Å²) in [5, 5.41) is 3.70. The molecule has 1 aliphatic heterocycles. The van der Waals surface area contributed by atoms with E-state index in [1.54, 1.807) is 11.3 Å². The number of aryl methyl sites for hydroxylation is 1. The molecule has 1 N–H and O–H groups in total. The molecule has 1 aromatic rings. The van der Waals surface area contributed by atoms with Crippen LogP contribution in [-0.4, -0.2) is 31.6 Å². The number of ether oxygens (including phenoxy) is 1. The fourth-order valence-corrected chi connectivity index (χ4v) is 4.76. The highest BCUT2D eigenvalue weighted by Crippen LogP contribution is 2.45. The topological polar surface area (TPSA) is 38.3 Å². The van der Waals surface area contributed by atoms with Gasteiger partial charge in [0.2, 0.25) is 0 Å². The largest absolute Gasteiger partial charge is 0.381 e. The van der Waals surface area contributed by atoms with Gasteiger partial charge in [-0.15, -0.1) is 11.3 Å². The molecule has 1 saturated heterocycles. The summed E-state index contributed by atoms with van der Waals surface area (Å²) < 4.78 is 5.39. The second-order valence-electron chi connectivity index (χ2n) is 7.61. The van der Waals surface area contributed by atoms with Crippen LogP contribution in [0, 0.1) is 18.8 Å². The second-order valence-corrected chi connectivity index (χ2v) is 8.86. The van der Waals surface area contributed by atoms with Gasteiger partial charge in [-0.25, -0.2) is 0 Å². The van der Waals surface area contributed by atoms with Gasteiger partial charge >= 0.3 is 0 Å². The van der Waals surface area contributed by atoms with Gasteiger partial charge in [-0.05, 0) is 69.0 Å². The van der Waals surface area contributed by atoms with E-state index in [-0.39, 0.29) is 0 Å². The van der Waals surface area contributed by atoms with Gasteiger partial charge in [-0.2, -0.15) is 0 Å². The molecule has 2 heterocycles. The van der Waals surface area contributed by atoms with Gasteiger partial charge < -0.3 is 10.1 Å². The predicted octanol–water partition coefficient (Wildman–Crippen LogP) is 3.91. The molecule has 126 valence electrons. The number of nitrogens with one attached hydrogen (secondary N) is 1. The Labute approximate surface area is 142 Å². The fraction of sp³-hybridized carbons (Fsp3) is 0.737. The van der Waals surface area contributed by atoms with Crippen molar-refractivity contribution in [2.75, 3.05) is 19.8 Å². The van der Waals surface area contributed by atoms with E-state index in [2.05, 4.69) is 18.3 Å². The lowest BCUT2D eigenvalue weighted by molar-refractivity contribution is 0.0602. The van der Waals surface area contributed by atoms with E-state index in [0.29, 0.717) is 30.1 Å². The lowest BCUT2D eigenvalue weighted by atomic mass is 9.94. The van der Waals surface area contributed by atoms with Crippen LogP contribution < -0.4 is 5.32 Å². The van der Waals surface area contributed by atoms with Crippen molar-refractivity contribution in [1.29, 1.82) is 0 Å². The molecule has 0 radical (unpaired) electrons. The van der Waals surface area contributed by atoms with Crippen LogP contribution in [0.25, 0.3) is 0 Å². The number of carbonyl (C=O) groups excluding carboxylic acids is 1. The first-order valence-corrected chi connectivity index (χ1v) is 9.97. The maximum absolute atomic E-state index is 12.6. The number of carbonyl (C=O) groups is 1. The van der Waals surface area contributed by atoms with Crippen molar-refractivity contribution in [2.45, 2.75) is 57.4 Å². The standard InChI is InChI=1S/C19H27NO2S/c1-12-15(16-9-17(16)20-11-14-2-3-14)10-19(23-12)18(21)8-13-4-6-22-7-5-13/h10,13-14,16-17,20H,2-9,11H2,1H3. The van der Waals surface area contributed by atoms with Crippen molar-refractivity contribution >= 4 is 17.1 Å². The summed E-state index contributed by atoms with van der Waals surface area (Å²) in [5.74, 6) is 2.46. The normalized spacial score (nSPS) is 28.0. The smallest absolute Gasteiger partial charge is 0.173 e. The fourth-order valence-electron chi connectivity index (χ4n) is 3.72. The highest BCUT2D eigenvalue weighted by molar-refractivity contribution is 7.14. The summed E-state index contributed by atoms with van der Waals surface area (Å²) in [4.78, 5) is 14.9. The summed E-state index contributed by atoms with van der Waals surface area (Å²) in [7, 11) is 0. The Morgan fingerprint density at radius 3 is 2.78 bits per heavy atom. The summed E-state index contributed by atoms with van der Waals surface area (Å²) in [6.07, 6.45) is 6.85.